The van der Waals surface area contributed by atoms with Crippen LogP contribution in [0.3, 0.4) is 0 Å². The minimum atomic E-state index is -0.323. The summed E-state index contributed by atoms with van der Waals surface area (Å²) in [6.45, 7) is 0.403. The molecule has 0 radical (unpaired) electrons. The highest BCUT2D eigenvalue weighted by Crippen LogP contribution is 2.17. The molecule has 25 heavy (non-hydrogen) atoms. The summed E-state index contributed by atoms with van der Waals surface area (Å²) in [5.41, 5.74) is 1.53. The van der Waals surface area contributed by atoms with Gasteiger partial charge in [0.1, 0.15) is 5.82 Å². The second-order valence-electron chi connectivity index (χ2n) is 5.42. The molecule has 0 bridgehead atoms. The van der Waals surface area contributed by atoms with Gasteiger partial charge in [-0.1, -0.05) is 6.07 Å². The van der Waals surface area contributed by atoms with Crippen molar-refractivity contribution in [3.8, 4) is 0 Å². The van der Waals surface area contributed by atoms with E-state index in [2.05, 4.69) is 31.2 Å². The Balaban J connectivity index is 1.70. The average Bonchev–Trinajstić information content (AvgIpc) is 2.57. The molecule has 3 N–H and O–H groups in total. The quantitative estimate of drug-likeness (QED) is 0.564. The molecule has 0 fully saturated rings. The zero-order chi connectivity index (χ0) is 18.0. The van der Waals surface area contributed by atoms with E-state index in [1.165, 1.54) is 6.07 Å². The van der Waals surface area contributed by atoms with Crippen molar-refractivity contribution in [3.05, 3.63) is 72.9 Å². The summed E-state index contributed by atoms with van der Waals surface area (Å²) in [6, 6.07) is 9.48. The maximum Gasteiger partial charge on any atom is 0.259 e. The largest absolute Gasteiger partial charge is 0.352 e. The van der Waals surface area contributed by atoms with Crippen LogP contribution in [0.5, 0.6) is 0 Å². The van der Waals surface area contributed by atoms with Gasteiger partial charge in [-0.2, -0.15) is 0 Å². The van der Waals surface area contributed by atoms with Gasteiger partial charge in [0, 0.05) is 12.1 Å². The molecule has 0 aliphatic heterocycles. The number of carbonyl (C=O) groups excluding carboxylic acids is 1. The number of hydrogen-bond donors (Lipinski definition) is 3. The number of amides is 1. The molecular weight excluding hydrogens is 409 g/mol. The number of aromatic amines is 2. The second kappa shape index (κ2) is 7.28. The highest BCUT2D eigenvalue weighted by Gasteiger charge is 2.08. The van der Waals surface area contributed by atoms with Gasteiger partial charge in [-0.15, -0.1) is 0 Å². The lowest BCUT2D eigenvalue weighted by Gasteiger charge is -2.07. The Bertz CT molecular complexity index is 1080. The Morgan fingerprint density at radius 3 is 2.76 bits per heavy atom. The molecule has 3 aromatic rings. The molecule has 0 spiro atoms. The van der Waals surface area contributed by atoms with Crippen LogP contribution in [0.15, 0.2) is 45.7 Å². The highest BCUT2D eigenvalue weighted by atomic mass is 79.9. The standard InChI is InChI=1S/C17H13BrFN3O2S/c18-12-7-9(1-4-13(12)19)5-6-20-15(23)10-2-3-11-14(8-10)21-17(25)22-16(11)24/h1-4,7-8H,5-6H2,(H,20,23)(H2,21,22,24,25). The van der Waals surface area contributed by atoms with E-state index in [1.807, 2.05) is 0 Å². The number of halogens is 2. The van der Waals surface area contributed by atoms with Crippen molar-refractivity contribution in [2.24, 2.45) is 0 Å². The Kier molecular flexibility index (Phi) is 5.10. The van der Waals surface area contributed by atoms with Crippen molar-refractivity contribution < 1.29 is 9.18 Å². The first-order valence-electron chi connectivity index (χ1n) is 7.42. The van der Waals surface area contributed by atoms with E-state index in [4.69, 9.17) is 12.2 Å². The zero-order valence-electron chi connectivity index (χ0n) is 12.9. The summed E-state index contributed by atoms with van der Waals surface area (Å²) in [7, 11) is 0. The number of H-pyrrole nitrogens is 2. The molecule has 1 amide bonds. The van der Waals surface area contributed by atoms with Gasteiger partial charge in [0.05, 0.1) is 15.4 Å². The Morgan fingerprint density at radius 2 is 2.00 bits per heavy atom. The summed E-state index contributed by atoms with van der Waals surface area (Å²) in [4.78, 5) is 29.4. The maximum atomic E-state index is 13.2. The third-order valence-corrected chi connectivity index (χ3v) is 4.50. The van der Waals surface area contributed by atoms with Crippen molar-refractivity contribution in [3.63, 3.8) is 0 Å². The number of hydrogen-bond acceptors (Lipinski definition) is 3. The van der Waals surface area contributed by atoms with E-state index in [-0.39, 0.29) is 22.1 Å². The lowest BCUT2D eigenvalue weighted by atomic mass is 10.1. The molecule has 0 aliphatic rings. The molecule has 128 valence electrons. The summed E-state index contributed by atoms with van der Waals surface area (Å²) in [5, 5.41) is 3.23. The van der Waals surface area contributed by atoms with Crippen LogP contribution in [0.2, 0.25) is 0 Å². The minimum absolute atomic E-state index is 0.206. The molecular formula is C17H13BrFN3O2S. The molecule has 0 saturated heterocycles. The van der Waals surface area contributed by atoms with Crippen molar-refractivity contribution in [1.82, 2.24) is 15.3 Å². The number of aromatic nitrogens is 2. The van der Waals surface area contributed by atoms with Gasteiger partial charge in [-0.05, 0) is 70.5 Å². The Hall–Kier alpha value is -2.32. The monoisotopic (exact) mass is 421 g/mol. The first kappa shape index (κ1) is 17.5. The van der Waals surface area contributed by atoms with Crippen LogP contribution in [0.1, 0.15) is 15.9 Å². The number of rotatable bonds is 4. The first-order chi connectivity index (χ1) is 11.9. The first-order valence-corrected chi connectivity index (χ1v) is 8.62. The smallest absolute Gasteiger partial charge is 0.259 e. The third-order valence-electron chi connectivity index (χ3n) is 3.68. The van der Waals surface area contributed by atoms with Crippen LogP contribution in [0.4, 0.5) is 4.39 Å². The molecule has 0 saturated carbocycles. The molecule has 3 rings (SSSR count). The summed E-state index contributed by atoms with van der Waals surface area (Å²) < 4.78 is 13.8. The van der Waals surface area contributed by atoms with Crippen LogP contribution < -0.4 is 10.9 Å². The zero-order valence-corrected chi connectivity index (χ0v) is 15.3. The van der Waals surface area contributed by atoms with E-state index in [1.54, 1.807) is 30.3 Å². The lowest BCUT2D eigenvalue weighted by Crippen LogP contribution is -2.25. The van der Waals surface area contributed by atoms with Crippen molar-refractivity contribution in [2.45, 2.75) is 6.42 Å². The SMILES string of the molecule is O=C(NCCc1ccc(F)c(Br)c1)c1ccc2c(=O)[nH]c(=S)[nH]c2c1. The highest BCUT2D eigenvalue weighted by molar-refractivity contribution is 9.10. The van der Waals surface area contributed by atoms with Crippen LogP contribution >= 0.6 is 28.1 Å². The maximum absolute atomic E-state index is 13.2. The molecule has 8 heteroatoms. The van der Waals surface area contributed by atoms with Crippen molar-refractivity contribution in [1.29, 1.82) is 0 Å². The van der Waals surface area contributed by atoms with Gasteiger partial charge in [-0.3, -0.25) is 14.6 Å². The van der Waals surface area contributed by atoms with Gasteiger partial charge >= 0.3 is 0 Å². The molecule has 1 aromatic heterocycles. The van der Waals surface area contributed by atoms with Crippen LogP contribution in [0, 0.1) is 10.6 Å². The topological polar surface area (TPSA) is 77.8 Å². The van der Waals surface area contributed by atoms with E-state index < -0.39 is 0 Å². The number of benzene rings is 2. The van der Waals surface area contributed by atoms with Gasteiger partial charge in [0.15, 0.2) is 4.77 Å². The molecule has 0 atom stereocenters. The van der Waals surface area contributed by atoms with Gasteiger partial charge < -0.3 is 10.3 Å². The predicted molar refractivity (Wildman–Crippen MR) is 99.9 cm³/mol. The second-order valence-corrected chi connectivity index (χ2v) is 6.69. The fourth-order valence-electron chi connectivity index (χ4n) is 2.43. The fraction of sp³-hybridized carbons (Fsp3) is 0.118. The molecule has 1 heterocycles. The van der Waals surface area contributed by atoms with Gasteiger partial charge in [0.2, 0.25) is 0 Å². The lowest BCUT2D eigenvalue weighted by molar-refractivity contribution is 0.0954. The third kappa shape index (κ3) is 4.02. The van der Waals surface area contributed by atoms with Gasteiger partial charge in [-0.25, -0.2) is 4.39 Å². The van der Waals surface area contributed by atoms with Gasteiger partial charge in [0.25, 0.3) is 11.5 Å². The predicted octanol–water partition coefficient (Wildman–Crippen LogP) is 3.46. The molecule has 5 nitrogen and oxygen atoms in total. The minimum Gasteiger partial charge on any atom is -0.352 e. The summed E-state index contributed by atoms with van der Waals surface area (Å²) in [5.74, 6) is -0.584. The number of nitrogens with one attached hydrogen (secondary N) is 3. The van der Waals surface area contributed by atoms with Crippen LogP contribution in [0.25, 0.3) is 10.9 Å². The molecule has 0 aliphatic carbocycles. The Labute approximate surface area is 155 Å². The van der Waals surface area contributed by atoms with Crippen LogP contribution in [-0.4, -0.2) is 22.4 Å². The fourth-order valence-corrected chi connectivity index (χ4v) is 3.06. The summed E-state index contributed by atoms with van der Waals surface area (Å²) in [6.07, 6.45) is 0.570. The number of carbonyl (C=O) groups is 1. The van der Waals surface area contributed by atoms with Crippen molar-refractivity contribution in [2.75, 3.05) is 6.54 Å². The van der Waals surface area contributed by atoms with Crippen molar-refractivity contribution >= 4 is 45.0 Å². The van der Waals surface area contributed by atoms with E-state index in [0.29, 0.717) is 33.9 Å². The van der Waals surface area contributed by atoms with E-state index >= 15 is 0 Å². The molecule has 0 unspecified atom stereocenters. The summed E-state index contributed by atoms with van der Waals surface area (Å²) >= 11 is 8.07. The number of fused-ring (bicyclic) bond motifs is 1. The normalized spacial score (nSPS) is 10.8. The molecule has 2 aromatic carbocycles. The Morgan fingerprint density at radius 1 is 1.20 bits per heavy atom. The average molecular weight is 422 g/mol. The van der Waals surface area contributed by atoms with Crippen LogP contribution in [-0.2, 0) is 6.42 Å². The van der Waals surface area contributed by atoms with E-state index in [9.17, 15) is 14.0 Å². The van der Waals surface area contributed by atoms with E-state index in [0.717, 1.165) is 5.56 Å².